The Morgan fingerprint density at radius 1 is 1.48 bits per heavy atom. The molecule has 0 radical (unpaired) electrons. The largest absolute Gasteiger partial charge is 0.460 e. The van der Waals surface area contributed by atoms with E-state index in [9.17, 15) is 4.79 Å². The van der Waals surface area contributed by atoms with Crippen LogP contribution in [0, 0.1) is 6.92 Å². The molecule has 6 nitrogen and oxygen atoms in total. The minimum absolute atomic E-state index is 0.252. The van der Waals surface area contributed by atoms with E-state index in [0.29, 0.717) is 11.5 Å². The number of carbonyl (C=O) groups is 1. The fourth-order valence-electron chi connectivity index (χ4n) is 1.72. The number of hydrogen-bond donors (Lipinski definition) is 2. The Bertz CT molecular complexity index is 771. The van der Waals surface area contributed by atoms with E-state index in [-0.39, 0.29) is 11.6 Å². The van der Waals surface area contributed by atoms with E-state index in [1.165, 1.54) is 11.3 Å². The zero-order chi connectivity index (χ0) is 14.7. The van der Waals surface area contributed by atoms with Crippen LogP contribution in [0.4, 0.5) is 0 Å². The van der Waals surface area contributed by atoms with Crippen LogP contribution in [0.25, 0.3) is 11.5 Å². The van der Waals surface area contributed by atoms with Crippen molar-refractivity contribution < 1.29 is 9.21 Å². The number of amides is 1. The summed E-state index contributed by atoms with van der Waals surface area (Å²) in [6.45, 7) is 1.85. The Labute approximate surface area is 124 Å². The maximum Gasteiger partial charge on any atom is 0.291 e. The van der Waals surface area contributed by atoms with Gasteiger partial charge >= 0.3 is 0 Å². The van der Waals surface area contributed by atoms with Gasteiger partial charge in [0.2, 0.25) is 0 Å². The summed E-state index contributed by atoms with van der Waals surface area (Å²) < 4.78 is 5.46. The number of carbonyl (C=O) groups excluding carboxylic acids is 1. The summed E-state index contributed by atoms with van der Waals surface area (Å²) in [7, 11) is 0. The van der Waals surface area contributed by atoms with Gasteiger partial charge in [-0.25, -0.2) is 5.43 Å². The van der Waals surface area contributed by atoms with Gasteiger partial charge in [-0.1, -0.05) is 6.07 Å². The first-order valence-corrected chi connectivity index (χ1v) is 7.09. The summed E-state index contributed by atoms with van der Waals surface area (Å²) in [6.07, 6.45) is 1.59. The van der Waals surface area contributed by atoms with Gasteiger partial charge in [0.25, 0.3) is 5.91 Å². The first kappa shape index (κ1) is 13.3. The zero-order valence-corrected chi connectivity index (χ0v) is 12.0. The molecule has 3 aromatic heterocycles. The predicted octanol–water partition coefficient (Wildman–Crippen LogP) is 2.80. The van der Waals surface area contributed by atoms with Crippen LogP contribution in [-0.4, -0.2) is 22.3 Å². The molecule has 3 aromatic rings. The van der Waals surface area contributed by atoms with E-state index in [2.05, 4.69) is 20.7 Å². The molecule has 0 fully saturated rings. The summed E-state index contributed by atoms with van der Waals surface area (Å²) in [5.74, 6) is 1.06. The smallest absolute Gasteiger partial charge is 0.291 e. The highest BCUT2D eigenvalue weighted by atomic mass is 32.1. The number of hydrogen-bond acceptors (Lipinski definition) is 5. The van der Waals surface area contributed by atoms with Gasteiger partial charge in [0.15, 0.2) is 11.5 Å². The highest BCUT2D eigenvalue weighted by molar-refractivity contribution is 7.11. The molecule has 3 rings (SSSR count). The van der Waals surface area contributed by atoms with Crippen molar-refractivity contribution in [2.45, 2.75) is 6.92 Å². The van der Waals surface area contributed by atoms with Crippen molar-refractivity contribution in [3.8, 4) is 11.5 Å². The minimum Gasteiger partial charge on any atom is -0.460 e. The third-order valence-corrected chi connectivity index (χ3v) is 3.52. The van der Waals surface area contributed by atoms with Crippen LogP contribution in [0.15, 0.2) is 45.2 Å². The Kier molecular flexibility index (Phi) is 3.65. The van der Waals surface area contributed by atoms with Crippen LogP contribution in [0.1, 0.15) is 21.1 Å². The summed E-state index contributed by atoms with van der Waals surface area (Å²) in [5, 5.41) is 12.5. The lowest BCUT2D eigenvalue weighted by atomic mass is 10.3. The van der Waals surface area contributed by atoms with Gasteiger partial charge < -0.3 is 4.42 Å². The normalized spacial score (nSPS) is 11.1. The molecular formula is C14H12N4O2S. The first-order chi connectivity index (χ1) is 10.2. The lowest BCUT2D eigenvalue weighted by Gasteiger charge is -1.93. The Hall–Kier alpha value is -2.67. The lowest BCUT2D eigenvalue weighted by molar-refractivity contribution is 0.0950. The second-order valence-corrected chi connectivity index (χ2v) is 5.27. The van der Waals surface area contributed by atoms with E-state index >= 15 is 0 Å². The van der Waals surface area contributed by atoms with Gasteiger partial charge in [-0.15, -0.1) is 11.3 Å². The summed E-state index contributed by atoms with van der Waals surface area (Å²) in [5.41, 5.74) is 3.33. The summed E-state index contributed by atoms with van der Waals surface area (Å²) in [4.78, 5) is 12.9. The van der Waals surface area contributed by atoms with Gasteiger partial charge in [0.1, 0.15) is 11.5 Å². The number of H-pyrrole nitrogens is 1. The molecule has 0 saturated carbocycles. The Morgan fingerprint density at radius 2 is 2.38 bits per heavy atom. The van der Waals surface area contributed by atoms with Crippen molar-refractivity contribution in [2.75, 3.05) is 0 Å². The zero-order valence-electron chi connectivity index (χ0n) is 11.2. The number of aromatic nitrogens is 2. The molecule has 0 bridgehead atoms. The number of rotatable bonds is 4. The van der Waals surface area contributed by atoms with Gasteiger partial charge in [0.05, 0.1) is 6.21 Å². The average Bonchev–Trinajstić information content (AvgIpc) is 3.19. The molecule has 0 spiro atoms. The Balaban J connectivity index is 1.67. The van der Waals surface area contributed by atoms with E-state index in [0.717, 1.165) is 10.6 Å². The van der Waals surface area contributed by atoms with Gasteiger partial charge in [-0.05, 0) is 30.5 Å². The molecule has 0 unspecified atom stereocenters. The fourth-order valence-corrected chi connectivity index (χ4v) is 2.31. The molecule has 0 saturated heterocycles. The number of furan rings is 1. The van der Waals surface area contributed by atoms with Crippen molar-refractivity contribution in [3.05, 3.63) is 52.0 Å². The van der Waals surface area contributed by atoms with Gasteiger partial charge in [-0.3, -0.25) is 9.89 Å². The van der Waals surface area contributed by atoms with Crippen LogP contribution in [0.5, 0.6) is 0 Å². The number of nitrogens with zero attached hydrogens (tertiary/aromatic N) is 2. The quantitative estimate of drug-likeness (QED) is 0.574. The molecule has 3 heterocycles. The second-order valence-electron chi connectivity index (χ2n) is 4.29. The number of aromatic amines is 1. The topological polar surface area (TPSA) is 83.3 Å². The monoisotopic (exact) mass is 300 g/mol. The standard InChI is InChI=1S/C14H12N4O2S/c1-9-4-5-13(20-9)11-7-12(17-16-11)14(19)18-15-8-10-3-2-6-21-10/h2-8H,1H3,(H,16,17)(H,18,19)/b15-8+. The number of hydrazone groups is 1. The molecule has 0 aliphatic carbocycles. The third-order valence-electron chi connectivity index (χ3n) is 2.72. The van der Waals surface area contributed by atoms with Crippen LogP contribution in [-0.2, 0) is 0 Å². The molecule has 1 amide bonds. The lowest BCUT2D eigenvalue weighted by Crippen LogP contribution is -2.17. The van der Waals surface area contributed by atoms with Crippen LogP contribution < -0.4 is 5.43 Å². The van der Waals surface area contributed by atoms with Crippen LogP contribution in [0.3, 0.4) is 0 Å². The average molecular weight is 300 g/mol. The first-order valence-electron chi connectivity index (χ1n) is 6.21. The molecule has 0 aliphatic heterocycles. The maximum absolute atomic E-state index is 11.9. The SMILES string of the molecule is Cc1ccc(-c2cc(C(=O)N/N=C/c3cccs3)n[nH]2)o1. The van der Waals surface area contributed by atoms with Crippen LogP contribution >= 0.6 is 11.3 Å². The van der Waals surface area contributed by atoms with E-state index in [1.54, 1.807) is 12.3 Å². The molecule has 106 valence electrons. The molecule has 0 aliphatic rings. The van der Waals surface area contributed by atoms with E-state index < -0.39 is 0 Å². The van der Waals surface area contributed by atoms with Gasteiger partial charge in [-0.2, -0.15) is 10.2 Å². The second kappa shape index (κ2) is 5.76. The van der Waals surface area contributed by atoms with E-state index in [4.69, 9.17) is 4.42 Å². The maximum atomic E-state index is 11.9. The van der Waals surface area contributed by atoms with Crippen molar-refractivity contribution in [1.82, 2.24) is 15.6 Å². The van der Waals surface area contributed by atoms with Crippen LogP contribution in [0.2, 0.25) is 0 Å². The summed E-state index contributed by atoms with van der Waals surface area (Å²) in [6, 6.07) is 9.11. The molecule has 0 atom stereocenters. The number of aryl methyl sites for hydroxylation is 1. The highest BCUT2D eigenvalue weighted by Crippen LogP contribution is 2.20. The molecule has 0 aromatic carbocycles. The number of nitrogens with one attached hydrogen (secondary N) is 2. The molecular weight excluding hydrogens is 288 g/mol. The molecule has 2 N–H and O–H groups in total. The number of thiophene rings is 1. The summed E-state index contributed by atoms with van der Waals surface area (Å²) >= 11 is 1.54. The Morgan fingerprint density at radius 3 is 3.10 bits per heavy atom. The minimum atomic E-state index is -0.381. The van der Waals surface area contributed by atoms with Crippen molar-refractivity contribution in [3.63, 3.8) is 0 Å². The van der Waals surface area contributed by atoms with Crippen molar-refractivity contribution in [2.24, 2.45) is 5.10 Å². The molecule has 7 heteroatoms. The van der Waals surface area contributed by atoms with Crippen molar-refractivity contribution in [1.29, 1.82) is 0 Å². The highest BCUT2D eigenvalue weighted by Gasteiger charge is 2.12. The predicted molar refractivity (Wildman–Crippen MR) is 80.4 cm³/mol. The molecule has 21 heavy (non-hydrogen) atoms. The van der Waals surface area contributed by atoms with Crippen molar-refractivity contribution >= 4 is 23.5 Å². The third kappa shape index (κ3) is 3.09. The fraction of sp³-hybridized carbons (Fsp3) is 0.0714. The van der Waals surface area contributed by atoms with Gasteiger partial charge in [0, 0.05) is 10.9 Å². The van der Waals surface area contributed by atoms with E-state index in [1.807, 2.05) is 36.6 Å².